The number of allylic oxidation sites excluding steroid dienone is 2. The molecule has 0 aromatic rings. The normalized spacial score (nSPS) is 30.5. The molecule has 0 saturated heterocycles. The van der Waals surface area contributed by atoms with Crippen LogP contribution in [0, 0.1) is 11.8 Å². The van der Waals surface area contributed by atoms with Gasteiger partial charge in [0.1, 0.15) is 0 Å². The lowest BCUT2D eigenvalue weighted by Gasteiger charge is -2.21. The fraction of sp³-hybridized carbons (Fsp3) is 0.800. The second-order valence-corrected chi connectivity index (χ2v) is 6.89. The fourth-order valence-electron chi connectivity index (χ4n) is 3.15. The van der Waals surface area contributed by atoms with Gasteiger partial charge >= 0.3 is 0 Å². The Balaban J connectivity index is 2.83. The van der Waals surface area contributed by atoms with E-state index in [4.69, 9.17) is 10.2 Å². The fourth-order valence-corrected chi connectivity index (χ4v) is 3.15. The van der Waals surface area contributed by atoms with Crippen molar-refractivity contribution >= 4 is 0 Å². The highest BCUT2D eigenvalue weighted by atomic mass is 15.1. The van der Waals surface area contributed by atoms with Crippen LogP contribution in [0.25, 0.3) is 0 Å². The van der Waals surface area contributed by atoms with Crippen molar-refractivity contribution in [3.05, 3.63) is 24.3 Å². The van der Waals surface area contributed by atoms with Gasteiger partial charge < -0.3 is 0 Å². The number of hydrogen-bond donors (Lipinski definition) is 0. The van der Waals surface area contributed by atoms with Gasteiger partial charge in [-0.2, -0.15) is 10.2 Å². The van der Waals surface area contributed by atoms with Gasteiger partial charge in [0, 0.05) is 0 Å². The molecule has 0 aliphatic carbocycles. The molecule has 4 atom stereocenters. The Bertz CT molecular complexity index is 323. The maximum Gasteiger partial charge on any atom is 0.0768 e. The number of azo groups is 1. The summed E-state index contributed by atoms with van der Waals surface area (Å²) in [6.07, 6.45) is 18.6. The molecule has 0 N–H and O–H groups in total. The summed E-state index contributed by atoms with van der Waals surface area (Å²) in [5, 5.41) is 9.60. The van der Waals surface area contributed by atoms with E-state index < -0.39 is 0 Å². The molecule has 4 unspecified atom stereocenters. The molecule has 1 heterocycles. The van der Waals surface area contributed by atoms with E-state index in [1.165, 1.54) is 25.7 Å². The number of rotatable bonds is 6. The summed E-state index contributed by atoms with van der Waals surface area (Å²) in [4.78, 5) is 0. The van der Waals surface area contributed by atoms with Crippen LogP contribution in [0.5, 0.6) is 0 Å². The van der Waals surface area contributed by atoms with E-state index >= 15 is 0 Å². The van der Waals surface area contributed by atoms with E-state index in [0.717, 1.165) is 25.7 Å². The summed E-state index contributed by atoms with van der Waals surface area (Å²) in [5.41, 5.74) is 0. The minimum Gasteiger partial charge on any atom is -0.190 e. The molecule has 0 amide bonds. The topological polar surface area (TPSA) is 24.7 Å². The van der Waals surface area contributed by atoms with Crippen molar-refractivity contribution in [1.29, 1.82) is 0 Å². The molecular weight excluding hydrogens is 268 g/mol. The Kier molecular flexibility index (Phi) is 10.1. The predicted octanol–water partition coefficient (Wildman–Crippen LogP) is 6.73. The monoisotopic (exact) mass is 304 g/mol. The molecule has 0 bridgehead atoms. The van der Waals surface area contributed by atoms with Crippen molar-refractivity contribution in [1.82, 2.24) is 0 Å². The molecule has 0 aromatic carbocycles. The van der Waals surface area contributed by atoms with Crippen molar-refractivity contribution in [2.75, 3.05) is 0 Å². The van der Waals surface area contributed by atoms with Gasteiger partial charge in [-0.3, -0.25) is 0 Å². The minimum atomic E-state index is 0.357. The molecule has 1 aliphatic heterocycles. The highest BCUT2D eigenvalue weighted by Crippen LogP contribution is 2.23. The first kappa shape index (κ1) is 19.1. The van der Waals surface area contributed by atoms with Gasteiger partial charge in [-0.25, -0.2) is 0 Å². The van der Waals surface area contributed by atoms with Crippen LogP contribution < -0.4 is 0 Å². The predicted molar refractivity (Wildman–Crippen MR) is 97.3 cm³/mol. The largest absolute Gasteiger partial charge is 0.190 e. The van der Waals surface area contributed by atoms with Crippen LogP contribution in [-0.2, 0) is 0 Å². The molecule has 0 radical (unpaired) electrons. The van der Waals surface area contributed by atoms with E-state index in [0.29, 0.717) is 23.9 Å². The highest BCUT2D eigenvalue weighted by Gasteiger charge is 2.18. The van der Waals surface area contributed by atoms with Crippen LogP contribution in [0.2, 0.25) is 0 Å². The van der Waals surface area contributed by atoms with E-state index in [1.807, 2.05) is 0 Å². The second kappa shape index (κ2) is 11.6. The highest BCUT2D eigenvalue weighted by molar-refractivity contribution is 4.94. The van der Waals surface area contributed by atoms with Crippen molar-refractivity contribution in [3.63, 3.8) is 0 Å². The third kappa shape index (κ3) is 7.38. The lowest BCUT2D eigenvalue weighted by molar-refractivity contribution is 0.371. The van der Waals surface area contributed by atoms with Crippen molar-refractivity contribution in [2.24, 2.45) is 22.1 Å². The number of nitrogens with zero attached hydrogens (tertiary/aromatic N) is 2. The third-order valence-corrected chi connectivity index (χ3v) is 4.75. The summed E-state index contributed by atoms with van der Waals surface area (Å²) in [6.45, 7) is 9.18. The van der Waals surface area contributed by atoms with Gasteiger partial charge in [-0.15, -0.1) is 0 Å². The first-order valence-electron chi connectivity index (χ1n) is 9.38. The summed E-state index contributed by atoms with van der Waals surface area (Å²) in [7, 11) is 0. The average molecular weight is 305 g/mol. The lowest BCUT2D eigenvalue weighted by atomic mass is 9.93. The second-order valence-electron chi connectivity index (χ2n) is 6.89. The van der Waals surface area contributed by atoms with E-state index in [9.17, 15) is 0 Å². The summed E-state index contributed by atoms with van der Waals surface area (Å²) < 4.78 is 0. The molecule has 0 spiro atoms. The van der Waals surface area contributed by atoms with Gasteiger partial charge in [0.15, 0.2) is 0 Å². The lowest BCUT2D eigenvalue weighted by Crippen LogP contribution is -2.18. The van der Waals surface area contributed by atoms with Crippen LogP contribution in [-0.4, -0.2) is 12.1 Å². The smallest absolute Gasteiger partial charge is 0.0768 e. The molecule has 22 heavy (non-hydrogen) atoms. The molecule has 0 fully saturated rings. The zero-order valence-electron chi connectivity index (χ0n) is 15.2. The van der Waals surface area contributed by atoms with Crippen LogP contribution in [0.4, 0.5) is 0 Å². The molecule has 1 rings (SSSR count). The zero-order chi connectivity index (χ0) is 16.2. The molecule has 0 aromatic heterocycles. The SMILES string of the molecule is CCCC(C)C1C/C=C/CC/C=C/CC(C(C)CCC)/N=N/1. The maximum atomic E-state index is 4.80. The standard InChI is InChI=1S/C20H36N2/c1-5-13-17(3)19-15-11-9-7-8-10-12-16-20(22-21-19)18(4)14-6-2/h9-12,17-20H,5-8,13-16H2,1-4H3/b11-9+,12-10+,22-21+. The molecule has 0 saturated carbocycles. The van der Waals surface area contributed by atoms with Gasteiger partial charge in [-0.05, 0) is 50.4 Å². The van der Waals surface area contributed by atoms with E-state index in [2.05, 4.69) is 52.0 Å². The third-order valence-electron chi connectivity index (χ3n) is 4.75. The Hall–Kier alpha value is -0.920. The average Bonchev–Trinajstić information content (AvgIpc) is 2.48. The first-order chi connectivity index (χ1) is 10.7. The molecule has 2 nitrogen and oxygen atoms in total. The van der Waals surface area contributed by atoms with Gasteiger partial charge in [0.25, 0.3) is 0 Å². The molecule has 126 valence electrons. The molecular formula is C20H36N2. The van der Waals surface area contributed by atoms with E-state index in [-0.39, 0.29) is 0 Å². The van der Waals surface area contributed by atoms with Gasteiger partial charge in [-0.1, -0.05) is 64.8 Å². The van der Waals surface area contributed by atoms with E-state index in [1.54, 1.807) is 0 Å². The quantitative estimate of drug-likeness (QED) is 0.486. The summed E-state index contributed by atoms with van der Waals surface area (Å²) in [5.74, 6) is 1.25. The summed E-state index contributed by atoms with van der Waals surface area (Å²) >= 11 is 0. The van der Waals surface area contributed by atoms with Crippen LogP contribution in [0.15, 0.2) is 34.5 Å². The summed E-state index contributed by atoms with van der Waals surface area (Å²) in [6, 6.07) is 0.715. The van der Waals surface area contributed by atoms with Crippen LogP contribution in [0.1, 0.15) is 79.1 Å². The van der Waals surface area contributed by atoms with Gasteiger partial charge in [0.05, 0.1) is 12.1 Å². The molecule has 2 heteroatoms. The van der Waals surface area contributed by atoms with Crippen LogP contribution in [0.3, 0.4) is 0 Å². The Morgan fingerprint density at radius 3 is 1.55 bits per heavy atom. The van der Waals surface area contributed by atoms with Crippen LogP contribution >= 0.6 is 0 Å². The Morgan fingerprint density at radius 1 is 0.773 bits per heavy atom. The van der Waals surface area contributed by atoms with Crippen molar-refractivity contribution in [3.8, 4) is 0 Å². The Labute approximate surface area is 138 Å². The van der Waals surface area contributed by atoms with Crippen molar-refractivity contribution < 1.29 is 0 Å². The Morgan fingerprint density at radius 2 is 1.18 bits per heavy atom. The minimum absolute atomic E-state index is 0.357. The first-order valence-corrected chi connectivity index (χ1v) is 9.38. The molecule has 1 aliphatic rings. The maximum absolute atomic E-state index is 4.80. The van der Waals surface area contributed by atoms with Gasteiger partial charge in [0.2, 0.25) is 0 Å². The zero-order valence-corrected chi connectivity index (χ0v) is 15.2. The van der Waals surface area contributed by atoms with Crippen molar-refractivity contribution in [2.45, 2.75) is 91.1 Å². The number of hydrogen-bond acceptors (Lipinski definition) is 2.